The number of amides is 1. The van der Waals surface area contributed by atoms with E-state index in [0.717, 1.165) is 12.0 Å². The maximum Gasteiger partial charge on any atom is 0.258 e. The van der Waals surface area contributed by atoms with E-state index in [2.05, 4.69) is 46.3 Å². The van der Waals surface area contributed by atoms with Crippen molar-refractivity contribution in [1.29, 1.82) is 0 Å². The number of rotatable bonds is 5. The van der Waals surface area contributed by atoms with Crippen LogP contribution in [0.1, 0.15) is 29.3 Å². The fraction of sp³-hybridized carbons (Fsp3) is 0.300. The fourth-order valence-electron chi connectivity index (χ4n) is 3.31. The summed E-state index contributed by atoms with van der Waals surface area (Å²) >= 11 is 0. The molecule has 3 aromatic rings. The number of likely N-dealkylation sites (tertiary alicyclic amines) is 1. The number of nitrogens with zero attached hydrogens (tertiary/aromatic N) is 4. The minimum absolute atomic E-state index is 0.0145. The van der Waals surface area contributed by atoms with Crippen LogP contribution in [0, 0.1) is 6.92 Å². The lowest BCUT2D eigenvalue weighted by Gasteiger charge is -2.16. The molecule has 2 aromatic heterocycles. The van der Waals surface area contributed by atoms with Crippen LogP contribution in [0.3, 0.4) is 0 Å². The zero-order chi connectivity index (χ0) is 17.9. The van der Waals surface area contributed by atoms with Crippen LogP contribution in [0.5, 0.6) is 0 Å². The van der Waals surface area contributed by atoms with Gasteiger partial charge in [-0.25, -0.2) is 0 Å². The van der Waals surface area contributed by atoms with Crippen LogP contribution in [-0.2, 0) is 11.2 Å². The van der Waals surface area contributed by atoms with Crippen molar-refractivity contribution >= 4 is 5.91 Å². The molecule has 0 aliphatic carbocycles. The van der Waals surface area contributed by atoms with Gasteiger partial charge in [-0.2, -0.15) is 4.98 Å². The van der Waals surface area contributed by atoms with Gasteiger partial charge in [-0.05, 0) is 31.0 Å². The van der Waals surface area contributed by atoms with Crippen LogP contribution in [0.2, 0.25) is 0 Å². The van der Waals surface area contributed by atoms with Crippen molar-refractivity contribution in [2.24, 2.45) is 0 Å². The van der Waals surface area contributed by atoms with Crippen molar-refractivity contribution in [1.82, 2.24) is 20.0 Å². The standard InChI is InChI=1S/C20H20N4O2/c1-14-3-2-4-15(11-14)7-10-24-13-17(12-18(24)25)19-22-20(26-23-19)16-5-8-21-9-6-16/h2-6,8-9,11,17H,7,10,12-13H2,1H3. The predicted molar refractivity (Wildman–Crippen MR) is 96.4 cm³/mol. The molecule has 1 aromatic carbocycles. The third kappa shape index (κ3) is 3.49. The van der Waals surface area contributed by atoms with E-state index in [1.54, 1.807) is 12.4 Å². The van der Waals surface area contributed by atoms with E-state index in [-0.39, 0.29) is 11.8 Å². The topological polar surface area (TPSA) is 72.1 Å². The third-order valence-electron chi connectivity index (χ3n) is 4.70. The molecular weight excluding hydrogens is 328 g/mol. The van der Waals surface area contributed by atoms with Crippen molar-refractivity contribution in [3.05, 3.63) is 65.7 Å². The molecule has 0 N–H and O–H groups in total. The van der Waals surface area contributed by atoms with Gasteiger partial charge in [0.1, 0.15) is 0 Å². The van der Waals surface area contributed by atoms with Crippen molar-refractivity contribution in [3.8, 4) is 11.5 Å². The lowest BCUT2D eigenvalue weighted by molar-refractivity contribution is -0.127. The van der Waals surface area contributed by atoms with Crippen LogP contribution >= 0.6 is 0 Å². The normalized spacial score (nSPS) is 17.0. The van der Waals surface area contributed by atoms with Gasteiger partial charge in [-0.3, -0.25) is 9.78 Å². The summed E-state index contributed by atoms with van der Waals surface area (Å²) in [6.45, 7) is 3.44. The first-order valence-corrected chi connectivity index (χ1v) is 8.76. The number of carbonyl (C=O) groups is 1. The zero-order valence-electron chi connectivity index (χ0n) is 14.6. The Morgan fingerprint density at radius 3 is 2.88 bits per heavy atom. The molecule has 0 bridgehead atoms. The third-order valence-corrected chi connectivity index (χ3v) is 4.70. The molecule has 1 unspecified atom stereocenters. The summed E-state index contributed by atoms with van der Waals surface area (Å²) in [6, 6.07) is 12.1. The monoisotopic (exact) mass is 348 g/mol. The molecule has 4 rings (SSSR count). The summed E-state index contributed by atoms with van der Waals surface area (Å²) in [5.74, 6) is 1.20. The number of hydrogen-bond donors (Lipinski definition) is 0. The Balaban J connectivity index is 1.41. The van der Waals surface area contributed by atoms with Gasteiger partial charge in [0.05, 0.1) is 0 Å². The highest BCUT2D eigenvalue weighted by atomic mass is 16.5. The summed E-state index contributed by atoms with van der Waals surface area (Å²) in [5, 5.41) is 4.09. The van der Waals surface area contributed by atoms with Crippen molar-refractivity contribution in [2.75, 3.05) is 13.1 Å². The maximum atomic E-state index is 12.4. The number of pyridine rings is 1. The number of benzene rings is 1. The fourth-order valence-corrected chi connectivity index (χ4v) is 3.31. The molecule has 1 aliphatic rings. The van der Waals surface area contributed by atoms with Gasteiger partial charge >= 0.3 is 0 Å². The molecule has 1 aliphatic heterocycles. The summed E-state index contributed by atoms with van der Waals surface area (Å²) in [5.41, 5.74) is 3.32. The van der Waals surface area contributed by atoms with Crippen LogP contribution in [-0.4, -0.2) is 39.0 Å². The molecule has 1 saturated heterocycles. The molecule has 6 nitrogen and oxygen atoms in total. The summed E-state index contributed by atoms with van der Waals surface area (Å²) in [4.78, 5) is 22.7. The number of aryl methyl sites for hydroxylation is 1. The quantitative estimate of drug-likeness (QED) is 0.709. The summed E-state index contributed by atoms with van der Waals surface area (Å²) in [6.07, 6.45) is 4.66. The van der Waals surface area contributed by atoms with Crippen LogP contribution in [0.4, 0.5) is 0 Å². The van der Waals surface area contributed by atoms with Crippen LogP contribution in [0.15, 0.2) is 53.3 Å². The Hall–Kier alpha value is -3.02. The minimum atomic E-state index is -0.0145. The number of hydrogen-bond acceptors (Lipinski definition) is 5. The molecule has 0 saturated carbocycles. The van der Waals surface area contributed by atoms with Crippen LogP contribution in [0.25, 0.3) is 11.5 Å². The second-order valence-electron chi connectivity index (χ2n) is 6.67. The molecule has 0 radical (unpaired) electrons. The van der Waals surface area contributed by atoms with Crippen LogP contribution < -0.4 is 0 Å². The molecule has 6 heteroatoms. The van der Waals surface area contributed by atoms with E-state index in [1.165, 1.54) is 11.1 Å². The van der Waals surface area contributed by atoms with Gasteiger partial charge in [0.2, 0.25) is 5.91 Å². The first kappa shape index (κ1) is 16.4. The van der Waals surface area contributed by atoms with Crippen molar-refractivity contribution in [3.63, 3.8) is 0 Å². The average Bonchev–Trinajstić information content (AvgIpc) is 3.28. The van der Waals surface area contributed by atoms with E-state index in [4.69, 9.17) is 4.52 Å². The highest BCUT2D eigenvalue weighted by molar-refractivity contribution is 5.79. The highest BCUT2D eigenvalue weighted by Crippen LogP contribution is 2.28. The first-order chi connectivity index (χ1) is 12.7. The Labute approximate surface area is 151 Å². The lowest BCUT2D eigenvalue weighted by Crippen LogP contribution is -2.27. The molecule has 132 valence electrons. The Morgan fingerprint density at radius 1 is 1.23 bits per heavy atom. The van der Waals surface area contributed by atoms with Crippen molar-refractivity contribution < 1.29 is 9.32 Å². The smallest absolute Gasteiger partial charge is 0.258 e. The van der Waals surface area contributed by atoms with Gasteiger partial charge in [0.25, 0.3) is 5.89 Å². The van der Waals surface area contributed by atoms with Gasteiger partial charge < -0.3 is 9.42 Å². The molecule has 26 heavy (non-hydrogen) atoms. The average molecular weight is 348 g/mol. The van der Waals surface area contributed by atoms with E-state index in [1.807, 2.05) is 17.0 Å². The SMILES string of the molecule is Cc1cccc(CCN2CC(c3noc(-c4ccncc4)n3)CC2=O)c1. The molecule has 3 heterocycles. The molecule has 0 spiro atoms. The molecule has 1 amide bonds. The van der Waals surface area contributed by atoms with E-state index in [9.17, 15) is 4.79 Å². The summed E-state index contributed by atoms with van der Waals surface area (Å²) < 4.78 is 5.36. The maximum absolute atomic E-state index is 12.4. The van der Waals surface area contributed by atoms with E-state index < -0.39 is 0 Å². The van der Waals surface area contributed by atoms with Gasteiger partial charge in [-0.1, -0.05) is 35.0 Å². The predicted octanol–water partition coefficient (Wildman–Crippen LogP) is 3.00. The van der Waals surface area contributed by atoms with Crippen molar-refractivity contribution in [2.45, 2.75) is 25.7 Å². The summed E-state index contributed by atoms with van der Waals surface area (Å²) in [7, 11) is 0. The number of aromatic nitrogens is 3. The lowest BCUT2D eigenvalue weighted by atomic mass is 10.1. The first-order valence-electron chi connectivity index (χ1n) is 8.76. The van der Waals surface area contributed by atoms with E-state index in [0.29, 0.717) is 31.2 Å². The minimum Gasteiger partial charge on any atom is -0.342 e. The molecular formula is C20H20N4O2. The van der Waals surface area contributed by atoms with Gasteiger partial charge in [0.15, 0.2) is 5.82 Å². The second-order valence-corrected chi connectivity index (χ2v) is 6.67. The number of carbonyl (C=O) groups excluding carboxylic acids is 1. The van der Waals surface area contributed by atoms with E-state index >= 15 is 0 Å². The Bertz CT molecular complexity index is 907. The highest BCUT2D eigenvalue weighted by Gasteiger charge is 2.33. The molecule has 1 atom stereocenters. The zero-order valence-corrected chi connectivity index (χ0v) is 14.6. The Morgan fingerprint density at radius 2 is 2.08 bits per heavy atom. The largest absolute Gasteiger partial charge is 0.342 e. The van der Waals surface area contributed by atoms with Gasteiger partial charge in [-0.15, -0.1) is 0 Å². The molecule has 1 fully saturated rings. The Kier molecular flexibility index (Phi) is 4.48. The second kappa shape index (κ2) is 7.07. The van der Waals surface area contributed by atoms with Gasteiger partial charge in [0, 0.05) is 43.4 Å².